The molecule has 1 aliphatic rings. The lowest BCUT2D eigenvalue weighted by molar-refractivity contribution is 0.0887. The van der Waals surface area contributed by atoms with Crippen molar-refractivity contribution >= 4 is 23.2 Å². The Morgan fingerprint density at radius 1 is 0.909 bits per heavy atom. The van der Waals surface area contributed by atoms with Crippen LogP contribution in [0.2, 0.25) is 0 Å². The van der Waals surface area contributed by atoms with Gasteiger partial charge in [-0.15, -0.1) is 11.3 Å². The summed E-state index contributed by atoms with van der Waals surface area (Å²) in [5.74, 6) is -1.56. The van der Waals surface area contributed by atoms with Gasteiger partial charge in [-0.25, -0.2) is 13.8 Å². The van der Waals surface area contributed by atoms with Crippen LogP contribution in [0, 0.1) is 11.6 Å². The van der Waals surface area contributed by atoms with Crippen molar-refractivity contribution in [1.29, 1.82) is 0 Å². The van der Waals surface area contributed by atoms with Crippen LogP contribution in [-0.2, 0) is 6.61 Å². The molecule has 9 heteroatoms. The van der Waals surface area contributed by atoms with Gasteiger partial charge >= 0.3 is 0 Å². The summed E-state index contributed by atoms with van der Waals surface area (Å²) in [7, 11) is 0. The minimum atomic E-state index is -0.544. The Bertz CT molecular complexity index is 1130. The first-order valence-corrected chi connectivity index (χ1v) is 11.6. The highest BCUT2D eigenvalue weighted by molar-refractivity contribution is 7.09. The molecule has 33 heavy (non-hydrogen) atoms. The van der Waals surface area contributed by atoms with Gasteiger partial charge in [0.1, 0.15) is 23.1 Å². The second-order valence-electron chi connectivity index (χ2n) is 7.82. The summed E-state index contributed by atoms with van der Waals surface area (Å²) in [6, 6.07) is 11.9. The van der Waals surface area contributed by atoms with Gasteiger partial charge in [0.15, 0.2) is 11.6 Å². The first-order valence-electron chi connectivity index (χ1n) is 10.7. The van der Waals surface area contributed by atoms with E-state index in [1.54, 1.807) is 29.6 Å². The predicted molar refractivity (Wildman–Crippen MR) is 120 cm³/mol. The number of aromatic nitrogens is 1. The summed E-state index contributed by atoms with van der Waals surface area (Å²) in [5.41, 5.74) is 0.327. The number of benzene rings is 2. The lowest BCUT2D eigenvalue weighted by Crippen LogP contribution is -2.44. The third kappa shape index (κ3) is 5.92. The molecule has 3 aromatic rings. The number of ether oxygens (including phenoxy) is 1. The van der Waals surface area contributed by atoms with Gasteiger partial charge < -0.3 is 15.4 Å². The van der Waals surface area contributed by atoms with Crippen LogP contribution in [0.4, 0.5) is 8.78 Å². The molecule has 0 spiro atoms. The van der Waals surface area contributed by atoms with Gasteiger partial charge in [0.2, 0.25) is 0 Å². The molecule has 0 unspecified atom stereocenters. The molecule has 1 heterocycles. The van der Waals surface area contributed by atoms with E-state index >= 15 is 0 Å². The molecule has 1 aromatic heterocycles. The average Bonchev–Trinajstić information content (AvgIpc) is 3.29. The van der Waals surface area contributed by atoms with Crippen molar-refractivity contribution in [3.8, 4) is 5.75 Å². The number of thiazole rings is 1. The topological polar surface area (TPSA) is 80.3 Å². The lowest BCUT2D eigenvalue weighted by Gasteiger charge is -2.29. The fourth-order valence-corrected chi connectivity index (χ4v) is 4.42. The zero-order chi connectivity index (χ0) is 23.2. The highest BCUT2D eigenvalue weighted by atomic mass is 32.1. The Labute approximate surface area is 194 Å². The monoisotopic (exact) mass is 471 g/mol. The van der Waals surface area contributed by atoms with E-state index in [1.165, 1.54) is 35.6 Å². The Hall–Kier alpha value is -3.33. The van der Waals surface area contributed by atoms with E-state index < -0.39 is 17.5 Å². The molecule has 0 bridgehead atoms. The molecule has 1 saturated carbocycles. The SMILES string of the molecule is O=C(NC1CCC(NC(=O)c2ccccc2F)CC1)c1csc(COc2ccccc2F)n1. The van der Waals surface area contributed by atoms with Crippen molar-refractivity contribution < 1.29 is 23.1 Å². The highest BCUT2D eigenvalue weighted by Gasteiger charge is 2.25. The number of hydrogen-bond acceptors (Lipinski definition) is 5. The van der Waals surface area contributed by atoms with Crippen LogP contribution < -0.4 is 15.4 Å². The maximum absolute atomic E-state index is 13.8. The molecular weight excluding hydrogens is 448 g/mol. The second-order valence-corrected chi connectivity index (χ2v) is 8.76. The molecule has 0 radical (unpaired) electrons. The molecule has 2 amide bonds. The largest absolute Gasteiger partial charge is 0.483 e. The van der Waals surface area contributed by atoms with Crippen molar-refractivity contribution in [2.45, 2.75) is 44.4 Å². The number of amides is 2. The van der Waals surface area contributed by atoms with Crippen molar-refractivity contribution in [2.24, 2.45) is 0 Å². The molecule has 2 N–H and O–H groups in total. The molecular formula is C24H23F2N3O3S. The molecule has 1 fully saturated rings. The minimum absolute atomic E-state index is 0.0288. The number of carbonyl (C=O) groups excluding carboxylic acids is 2. The normalized spacial score (nSPS) is 17.9. The van der Waals surface area contributed by atoms with Crippen molar-refractivity contribution in [2.75, 3.05) is 0 Å². The van der Waals surface area contributed by atoms with Crippen LogP contribution in [0.25, 0.3) is 0 Å². The molecule has 0 aliphatic heterocycles. The molecule has 2 aromatic carbocycles. The van der Waals surface area contributed by atoms with Crippen LogP contribution >= 0.6 is 11.3 Å². The number of nitrogens with zero attached hydrogens (tertiary/aromatic N) is 1. The van der Waals surface area contributed by atoms with E-state index in [4.69, 9.17) is 4.74 Å². The van der Waals surface area contributed by atoms with E-state index in [0.717, 1.165) is 0 Å². The average molecular weight is 472 g/mol. The second kappa shape index (κ2) is 10.5. The van der Waals surface area contributed by atoms with Gasteiger partial charge in [-0.1, -0.05) is 24.3 Å². The Morgan fingerprint density at radius 3 is 2.18 bits per heavy atom. The number of nitrogens with one attached hydrogen (secondary N) is 2. The first kappa shape index (κ1) is 22.8. The summed E-state index contributed by atoms with van der Waals surface area (Å²) in [6.07, 6.45) is 2.76. The smallest absolute Gasteiger partial charge is 0.270 e. The molecule has 4 rings (SSSR count). The molecule has 0 atom stereocenters. The quantitative estimate of drug-likeness (QED) is 0.533. The standard InChI is InChI=1S/C24H23F2N3O3S/c25-18-6-2-1-5-17(18)23(30)27-15-9-11-16(12-10-15)28-24(31)20-14-33-22(29-20)13-32-21-8-4-3-7-19(21)26/h1-8,14-16H,9-13H2,(H,27,30)(H,28,31). The van der Waals surface area contributed by atoms with Crippen molar-refractivity contribution in [3.63, 3.8) is 0 Å². The van der Waals surface area contributed by atoms with Crippen LogP contribution in [0.15, 0.2) is 53.9 Å². The maximum Gasteiger partial charge on any atom is 0.270 e. The summed E-state index contributed by atoms with van der Waals surface area (Å²) in [5, 5.41) is 8.07. The predicted octanol–water partition coefficient (Wildman–Crippen LogP) is 4.47. The number of carbonyl (C=O) groups is 2. The summed E-state index contributed by atoms with van der Waals surface area (Å²) < 4.78 is 32.9. The van der Waals surface area contributed by atoms with Gasteiger partial charge in [-0.2, -0.15) is 0 Å². The van der Waals surface area contributed by atoms with E-state index in [9.17, 15) is 18.4 Å². The number of para-hydroxylation sites is 1. The van der Waals surface area contributed by atoms with Gasteiger partial charge in [0, 0.05) is 17.5 Å². The Morgan fingerprint density at radius 2 is 1.52 bits per heavy atom. The first-order chi connectivity index (χ1) is 16.0. The number of halogens is 2. The fraction of sp³-hybridized carbons (Fsp3) is 0.292. The molecule has 0 saturated heterocycles. The van der Waals surface area contributed by atoms with Crippen molar-refractivity contribution in [3.05, 3.63) is 81.8 Å². The number of hydrogen-bond donors (Lipinski definition) is 2. The van der Waals surface area contributed by atoms with E-state index in [2.05, 4.69) is 15.6 Å². The van der Waals surface area contributed by atoms with Gasteiger partial charge in [0.25, 0.3) is 11.8 Å². The van der Waals surface area contributed by atoms with Crippen LogP contribution in [-0.4, -0.2) is 28.9 Å². The maximum atomic E-state index is 13.8. The van der Waals surface area contributed by atoms with E-state index in [0.29, 0.717) is 36.4 Å². The van der Waals surface area contributed by atoms with Gasteiger partial charge in [-0.05, 0) is 49.9 Å². The lowest BCUT2D eigenvalue weighted by atomic mass is 9.91. The Balaban J connectivity index is 1.23. The minimum Gasteiger partial charge on any atom is -0.483 e. The van der Waals surface area contributed by atoms with E-state index in [-0.39, 0.29) is 35.9 Å². The van der Waals surface area contributed by atoms with E-state index in [1.807, 2.05) is 0 Å². The molecule has 6 nitrogen and oxygen atoms in total. The zero-order valence-corrected chi connectivity index (χ0v) is 18.5. The summed E-state index contributed by atoms with van der Waals surface area (Å²) >= 11 is 1.27. The van der Waals surface area contributed by atoms with Crippen LogP contribution in [0.3, 0.4) is 0 Å². The van der Waals surface area contributed by atoms with Crippen molar-refractivity contribution in [1.82, 2.24) is 15.6 Å². The molecule has 1 aliphatic carbocycles. The number of rotatable bonds is 7. The zero-order valence-electron chi connectivity index (χ0n) is 17.7. The van der Waals surface area contributed by atoms with Gasteiger partial charge in [0.05, 0.1) is 5.56 Å². The summed E-state index contributed by atoms with van der Waals surface area (Å²) in [6.45, 7) is 0.0751. The summed E-state index contributed by atoms with van der Waals surface area (Å²) in [4.78, 5) is 29.1. The fourth-order valence-electron chi connectivity index (χ4n) is 3.73. The van der Waals surface area contributed by atoms with Crippen LogP contribution in [0.1, 0.15) is 51.5 Å². The van der Waals surface area contributed by atoms with Gasteiger partial charge in [-0.3, -0.25) is 9.59 Å². The Kier molecular flexibility index (Phi) is 7.29. The third-order valence-electron chi connectivity index (χ3n) is 5.49. The third-order valence-corrected chi connectivity index (χ3v) is 6.31. The molecule has 172 valence electrons. The highest BCUT2D eigenvalue weighted by Crippen LogP contribution is 2.21. The van der Waals surface area contributed by atoms with Crippen LogP contribution in [0.5, 0.6) is 5.75 Å².